The molecule has 21 heavy (non-hydrogen) atoms. The van der Waals surface area contributed by atoms with E-state index >= 15 is 0 Å². The average molecular weight is 295 g/mol. The van der Waals surface area contributed by atoms with E-state index in [1.807, 2.05) is 13.8 Å². The Bertz CT molecular complexity index is 527. The Kier molecular flexibility index (Phi) is 5.69. The zero-order valence-electron chi connectivity index (χ0n) is 12.6. The van der Waals surface area contributed by atoms with Gasteiger partial charge in [-0.2, -0.15) is 0 Å². The normalized spacial score (nSPS) is 12.3. The number of oxime groups is 1. The molecule has 0 atom stereocenters. The second kappa shape index (κ2) is 7.06. The van der Waals surface area contributed by atoms with Gasteiger partial charge in [-0.3, -0.25) is 4.79 Å². The molecule has 5 nitrogen and oxygen atoms in total. The lowest BCUT2D eigenvalue weighted by atomic mass is 9.79. The first-order valence-electron chi connectivity index (χ1n) is 6.89. The lowest BCUT2D eigenvalue weighted by Crippen LogP contribution is -2.49. The van der Waals surface area contributed by atoms with Crippen molar-refractivity contribution in [3.8, 4) is 0 Å². The van der Waals surface area contributed by atoms with Gasteiger partial charge in [0.05, 0.1) is 0 Å². The molecular formula is C15H22FN3O2. The summed E-state index contributed by atoms with van der Waals surface area (Å²) in [5.41, 5.74) is 5.38. The quantitative estimate of drug-likeness (QED) is 0.366. The molecule has 116 valence electrons. The van der Waals surface area contributed by atoms with Gasteiger partial charge in [-0.1, -0.05) is 31.1 Å². The molecule has 0 aliphatic heterocycles. The summed E-state index contributed by atoms with van der Waals surface area (Å²) in [7, 11) is 1.62. The van der Waals surface area contributed by atoms with Crippen LogP contribution in [-0.2, 0) is 11.3 Å². The fraction of sp³-hybridized carbons (Fsp3) is 0.467. The SMILES string of the molecule is CCC(CC)(C(=O)N(C)Cc1cccc(F)c1)C(N)=NO. The predicted octanol–water partition coefficient (Wildman–Crippen LogP) is 2.34. The Hall–Kier alpha value is -2.11. The number of nitrogens with zero attached hydrogens (tertiary/aromatic N) is 2. The highest BCUT2D eigenvalue weighted by Crippen LogP contribution is 2.29. The third-order valence-electron chi connectivity index (χ3n) is 3.87. The van der Waals surface area contributed by atoms with Gasteiger partial charge in [0, 0.05) is 13.6 Å². The van der Waals surface area contributed by atoms with Gasteiger partial charge in [-0.25, -0.2) is 4.39 Å². The van der Waals surface area contributed by atoms with Crippen LogP contribution in [0.25, 0.3) is 0 Å². The van der Waals surface area contributed by atoms with E-state index in [1.165, 1.54) is 17.0 Å². The number of amidine groups is 1. The first-order chi connectivity index (χ1) is 9.91. The lowest BCUT2D eigenvalue weighted by molar-refractivity contribution is -0.138. The standard InChI is InChI=1S/C15H22FN3O2/c1-4-15(5-2,13(17)18-21)14(20)19(3)10-11-7-6-8-12(16)9-11/h6-9,21H,4-5,10H2,1-3H3,(H2,17,18). The van der Waals surface area contributed by atoms with E-state index in [0.717, 1.165) is 0 Å². The second-order valence-electron chi connectivity index (χ2n) is 5.07. The number of carbonyl (C=O) groups excluding carboxylic acids is 1. The molecule has 0 heterocycles. The molecule has 0 fully saturated rings. The molecule has 0 aromatic heterocycles. The number of benzene rings is 1. The van der Waals surface area contributed by atoms with E-state index in [9.17, 15) is 9.18 Å². The van der Waals surface area contributed by atoms with Crippen molar-refractivity contribution in [1.29, 1.82) is 0 Å². The van der Waals surface area contributed by atoms with Crippen molar-refractivity contribution >= 4 is 11.7 Å². The Morgan fingerprint density at radius 2 is 2.05 bits per heavy atom. The second-order valence-corrected chi connectivity index (χ2v) is 5.07. The third kappa shape index (κ3) is 3.51. The third-order valence-corrected chi connectivity index (χ3v) is 3.87. The van der Waals surface area contributed by atoms with Crippen molar-refractivity contribution < 1.29 is 14.4 Å². The van der Waals surface area contributed by atoms with Gasteiger partial charge >= 0.3 is 0 Å². The van der Waals surface area contributed by atoms with Gasteiger partial charge in [-0.05, 0) is 30.5 Å². The maximum Gasteiger partial charge on any atom is 0.236 e. The van der Waals surface area contributed by atoms with Gasteiger partial charge in [0.15, 0.2) is 5.84 Å². The van der Waals surface area contributed by atoms with Gasteiger partial charge in [0.25, 0.3) is 0 Å². The summed E-state index contributed by atoms with van der Waals surface area (Å²) >= 11 is 0. The first-order valence-corrected chi connectivity index (χ1v) is 6.89. The van der Waals surface area contributed by atoms with E-state index < -0.39 is 5.41 Å². The maximum atomic E-state index is 13.2. The van der Waals surface area contributed by atoms with Crippen LogP contribution in [0.4, 0.5) is 4.39 Å². The van der Waals surface area contributed by atoms with E-state index in [-0.39, 0.29) is 24.1 Å². The molecule has 1 amide bonds. The summed E-state index contributed by atoms with van der Waals surface area (Å²) < 4.78 is 13.2. The zero-order valence-corrected chi connectivity index (χ0v) is 12.6. The molecule has 0 radical (unpaired) electrons. The highest BCUT2D eigenvalue weighted by molar-refractivity contribution is 6.06. The number of rotatable bonds is 6. The van der Waals surface area contributed by atoms with Crippen molar-refractivity contribution in [2.45, 2.75) is 33.2 Å². The van der Waals surface area contributed by atoms with E-state index in [1.54, 1.807) is 19.2 Å². The topological polar surface area (TPSA) is 78.9 Å². The van der Waals surface area contributed by atoms with E-state index in [4.69, 9.17) is 10.9 Å². The largest absolute Gasteiger partial charge is 0.409 e. The zero-order chi connectivity index (χ0) is 16.0. The number of carbonyl (C=O) groups is 1. The van der Waals surface area contributed by atoms with Crippen LogP contribution in [0.5, 0.6) is 0 Å². The number of hydrogen-bond acceptors (Lipinski definition) is 3. The van der Waals surface area contributed by atoms with E-state index in [0.29, 0.717) is 18.4 Å². The van der Waals surface area contributed by atoms with Crippen LogP contribution in [0, 0.1) is 11.2 Å². The molecule has 1 rings (SSSR count). The van der Waals surface area contributed by atoms with Crippen molar-refractivity contribution in [2.75, 3.05) is 7.05 Å². The Labute approximate surface area is 124 Å². The van der Waals surface area contributed by atoms with Crippen LogP contribution in [0.15, 0.2) is 29.4 Å². The molecule has 6 heteroatoms. The average Bonchev–Trinajstić information content (AvgIpc) is 2.48. The monoisotopic (exact) mass is 295 g/mol. The summed E-state index contributed by atoms with van der Waals surface area (Å²) in [6, 6.07) is 6.08. The van der Waals surface area contributed by atoms with Gasteiger partial charge in [-0.15, -0.1) is 0 Å². The fourth-order valence-electron chi connectivity index (χ4n) is 2.47. The summed E-state index contributed by atoms with van der Waals surface area (Å²) in [4.78, 5) is 14.1. The number of nitrogens with two attached hydrogens (primary N) is 1. The van der Waals surface area contributed by atoms with Crippen LogP contribution >= 0.6 is 0 Å². The molecule has 1 aromatic rings. The van der Waals surface area contributed by atoms with Gasteiger partial charge in [0.1, 0.15) is 11.2 Å². The van der Waals surface area contributed by atoms with Crippen molar-refractivity contribution in [3.05, 3.63) is 35.6 Å². The molecule has 0 bridgehead atoms. The van der Waals surface area contributed by atoms with Crippen LogP contribution < -0.4 is 5.73 Å². The smallest absolute Gasteiger partial charge is 0.236 e. The number of hydrogen-bond donors (Lipinski definition) is 2. The molecule has 0 aliphatic rings. The minimum absolute atomic E-state index is 0.0939. The molecule has 1 aromatic carbocycles. The predicted molar refractivity (Wildman–Crippen MR) is 79.3 cm³/mol. The fourth-order valence-corrected chi connectivity index (χ4v) is 2.47. The minimum atomic E-state index is -1.03. The molecule has 0 aliphatic carbocycles. The number of amides is 1. The van der Waals surface area contributed by atoms with Crippen molar-refractivity contribution in [2.24, 2.45) is 16.3 Å². The lowest BCUT2D eigenvalue weighted by Gasteiger charge is -2.33. The van der Waals surface area contributed by atoms with Crippen LogP contribution in [0.1, 0.15) is 32.3 Å². The molecule has 0 spiro atoms. The highest BCUT2D eigenvalue weighted by atomic mass is 19.1. The van der Waals surface area contributed by atoms with Crippen molar-refractivity contribution in [3.63, 3.8) is 0 Å². The van der Waals surface area contributed by atoms with Crippen molar-refractivity contribution in [1.82, 2.24) is 4.90 Å². The molecule has 0 saturated heterocycles. The number of halogens is 1. The molecular weight excluding hydrogens is 273 g/mol. The highest BCUT2D eigenvalue weighted by Gasteiger charge is 2.41. The molecule has 0 saturated carbocycles. The Morgan fingerprint density at radius 3 is 2.52 bits per heavy atom. The van der Waals surface area contributed by atoms with Crippen LogP contribution in [-0.4, -0.2) is 28.9 Å². The summed E-state index contributed by atoms with van der Waals surface area (Å²) in [6.07, 6.45) is 0.845. The molecule has 3 N–H and O–H groups in total. The van der Waals surface area contributed by atoms with Gasteiger partial charge < -0.3 is 15.8 Å². The first kappa shape index (κ1) is 16.9. The minimum Gasteiger partial charge on any atom is -0.409 e. The van der Waals surface area contributed by atoms with Crippen LogP contribution in [0.3, 0.4) is 0 Å². The maximum absolute atomic E-state index is 13.2. The summed E-state index contributed by atoms with van der Waals surface area (Å²) in [5, 5.41) is 11.9. The summed E-state index contributed by atoms with van der Waals surface area (Å²) in [6.45, 7) is 3.89. The van der Waals surface area contributed by atoms with Crippen LogP contribution in [0.2, 0.25) is 0 Å². The Morgan fingerprint density at radius 1 is 1.43 bits per heavy atom. The Balaban J connectivity index is 2.99. The van der Waals surface area contributed by atoms with E-state index in [2.05, 4.69) is 5.16 Å². The van der Waals surface area contributed by atoms with Gasteiger partial charge in [0.2, 0.25) is 5.91 Å². The summed E-state index contributed by atoms with van der Waals surface area (Å²) in [5.74, 6) is -0.683. The molecule has 0 unspecified atom stereocenters.